The Hall–Kier alpha value is -3.41. The molecule has 0 heterocycles. The molecule has 0 spiro atoms. The molecule has 0 bridgehead atoms. The molecule has 0 saturated heterocycles. The van der Waals surface area contributed by atoms with Crippen molar-refractivity contribution in [2.24, 2.45) is 0 Å². The smallest absolute Gasteiger partial charge is 0.306 e. The zero-order valence-electron chi connectivity index (χ0n) is 43.2. The van der Waals surface area contributed by atoms with Gasteiger partial charge in [0, 0.05) is 19.3 Å². The van der Waals surface area contributed by atoms with E-state index in [4.69, 9.17) is 14.2 Å². The number of carbonyl (C=O) groups is 3. The van der Waals surface area contributed by atoms with E-state index in [1.165, 1.54) is 103 Å². The van der Waals surface area contributed by atoms with Crippen molar-refractivity contribution >= 4 is 17.9 Å². The molecule has 0 aliphatic rings. The highest BCUT2D eigenvalue weighted by molar-refractivity contribution is 5.71. The van der Waals surface area contributed by atoms with Gasteiger partial charge < -0.3 is 14.2 Å². The molecule has 0 saturated carbocycles. The highest BCUT2D eigenvalue weighted by Crippen LogP contribution is 2.15. The van der Waals surface area contributed by atoms with E-state index in [1.54, 1.807) is 0 Å². The number of esters is 3. The average molecular weight is 919 g/mol. The highest BCUT2D eigenvalue weighted by Gasteiger charge is 2.19. The van der Waals surface area contributed by atoms with Gasteiger partial charge in [-0.15, -0.1) is 0 Å². The lowest BCUT2D eigenvalue weighted by atomic mass is 10.1. The van der Waals surface area contributed by atoms with Gasteiger partial charge in [-0.1, -0.05) is 228 Å². The summed E-state index contributed by atoms with van der Waals surface area (Å²) in [4.78, 5) is 38.1. The minimum atomic E-state index is -0.792. The Kier molecular flexibility index (Phi) is 51.4. The Labute approximate surface area is 407 Å². The van der Waals surface area contributed by atoms with Crippen molar-refractivity contribution in [1.29, 1.82) is 0 Å². The van der Waals surface area contributed by atoms with Crippen LogP contribution < -0.4 is 0 Å². The van der Waals surface area contributed by atoms with Gasteiger partial charge in [0.2, 0.25) is 0 Å². The molecule has 1 atom stereocenters. The van der Waals surface area contributed by atoms with Crippen LogP contribution in [0.15, 0.2) is 85.1 Å². The van der Waals surface area contributed by atoms with Crippen LogP contribution in [0.3, 0.4) is 0 Å². The van der Waals surface area contributed by atoms with Crippen LogP contribution in [0.2, 0.25) is 0 Å². The van der Waals surface area contributed by atoms with Gasteiger partial charge in [-0.2, -0.15) is 0 Å². The summed E-state index contributed by atoms with van der Waals surface area (Å²) in [5.41, 5.74) is 0. The highest BCUT2D eigenvalue weighted by atomic mass is 16.6. The molecule has 6 nitrogen and oxygen atoms in total. The Morgan fingerprint density at radius 3 is 1.11 bits per heavy atom. The predicted molar refractivity (Wildman–Crippen MR) is 284 cm³/mol. The molecule has 0 N–H and O–H groups in total. The molecule has 378 valence electrons. The fraction of sp³-hybridized carbons (Fsp3) is 0.717. The Morgan fingerprint density at radius 1 is 0.333 bits per heavy atom. The molecule has 0 rings (SSSR count). The molecule has 0 fully saturated rings. The summed E-state index contributed by atoms with van der Waals surface area (Å²) in [5.74, 6) is -0.921. The van der Waals surface area contributed by atoms with Gasteiger partial charge in [0.25, 0.3) is 0 Å². The summed E-state index contributed by atoms with van der Waals surface area (Å²) in [7, 11) is 0. The fourth-order valence-corrected chi connectivity index (χ4v) is 7.57. The number of carbonyl (C=O) groups excluding carboxylic acids is 3. The SMILES string of the molecule is CC\C=C/C=C\C=C/CCCCCCCC(=O)OCC(COC(=O)CCCCCCCCCCC/C=C\C/C=C\C/C=C\CC)OC(=O)CCCCCCC/C=C\CCCCCCCCC. The molecule has 0 aliphatic carbocycles. The third kappa shape index (κ3) is 51.6. The minimum absolute atomic E-state index is 0.0895. The maximum atomic E-state index is 12.8. The van der Waals surface area contributed by atoms with Gasteiger partial charge in [-0.05, 0) is 96.3 Å². The number of allylic oxidation sites excluding steroid dienone is 14. The Balaban J connectivity index is 4.40. The van der Waals surface area contributed by atoms with E-state index in [1.807, 2.05) is 0 Å². The van der Waals surface area contributed by atoms with E-state index in [-0.39, 0.29) is 31.1 Å². The lowest BCUT2D eigenvalue weighted by Crippen LogP contribution is -2.30. The van der Waals surface area contributed by atoms with E-state index in [0.717, 1.165) is 116 Å². The summed E-state index contributed by atoms with van der Waals surface area (Å²) in [6, 6.07) is 0. The summed E-state index contributed by atoms with van der Waals surface area (Å²) in [6.07, 6.45) is 70.0. The second-order valence-electron chi connectivity index (χ2n) is 18.1. The standard InChI is InChI=1S/C60H102O6/c1-4-7-10-13-16-19-22-25-27-29-30-31-33-35-38-41-44-47-50-53-59(62)65-56-57(55-64-58(61)52-49-46-43-40-37-34-24-21-18-15-12-9-6-3)66-60(63)54-51-48-45-42-39-36-32-28-26-23-20-17-14-11-8-5-2/h7,9-10,12,15-16,18-19,21,24-25,27-28,32,57H,4-6,8,11,13-14,17,20,22-23,26,29-31,33-56H2,1-3H3/b10-7-,12-9-,18-15-,19-16-,24-21-,27-25-,32-28-. The molecular weight excluding hydrogens is 817 g/mol. The molecule has 0 aromatic heterocycles. The second kappa shape index (κ2) is 54.2. The van der Waals surface area contributed by atoms with Crippen molar-refractivity contribution in [3.05, 3.63) is 85.1 Å². The Morgan fingerprint density at radius 2 is 0.667 bits per heavy atom. The van der Waals surface area contributed by atoms with Gasteiger partial charge in [-0.25, -0.2) is 0 Å². The van der Waals surface area contributed by atoms with Crippen molar-refractivity contribution in [1.82, 2.24) is 0 Å². The van der Waals surface area contributed by atoms with Gasteiger partial charge in [0.15, 0.2) is 6.10 Å². The van der Waals surface area contributed by atoms with Crippen LogP contribution in [0.1, 0.15) is 258 Å². The largest absolute Gasteiger partial charge is 0.462 e. The second-order valence-corrected chi connectivity index (χ2v) is 18.1. The van der Waals surface area contributed by atoms with Gasteiger partial charge >= 0.3 is 17.9 Å². The summed E-state index contributed by atoms with van der Waals surface area (Å²) < 4.78 is 16.8. The minimum Gasteiger partial charge on any atom is -0.462 e. The van der Waals surface area contributed by atoms with Crippen molar-refractivity contribution in [3.8, 4) is 0 Å². The quantitative estimate of drug-likeness (QED) is 0.0199. The average Bonchev–Trinajstić information content (AvgIpc) is 3.31. The number of hydrogen-bond donors (Lipinski definition) is 0. The lowest BCUT2D eigenvalue weighted by molar-refractivity contribution is -0.167. The molecule has 1 unspecified atom stereocenters. The molecule has 0 amide bonds. The summed E-state index contributed by atoms with van der Waals surface area (Å²) in [6.45, 7) is 6.37. The van der Waals surface area contributed by atoms with Crippen LogP contribution in [0.4, 0.5) is 0 Å². The first-order chi connectivity index (χ1) is 32.5. The van der Waals surface area contributed by atoms with E-state index in [2.05, 4.69) is 106 Å². The van der Waals surface area contributed by atoms with Crippen molar-refractivity contribution in [3.63, 3.8) is 0 Å². The lowest BCUT2D eigenvalue weighted by Gasteiger charge is -2.18. The maximum Gasteiger partial charge on any atom is 0.306 e. The monoisotopic (exact) mass is 919 g/mol. The van der Waals surface area contributed by atoms with Crippen LogP contribution in [0, 0.1) is 0 Å². The van der Waals surface area contributed by atoms with E-state index in [0.29, 0.717) is 19.3 Å². The molecule has 0 aromatic rings. The first-order valence-corrected chi connectivity index (χ1v) is 27.6. The number of hydrogen-bond acceptors (Lipinski definition) is 6. The topological polar surface area (TPSA) is 78.9 Å². The first kappa shape index (κ1) is 62.6. The van der Waals surface area contributed by atoms with E-state index in [9.17, 15) is 14.4 Å². The number of ether oxygens (including phenoxy) is 3. The van der Waals surface area contributed by atoms with Gasteiger partial charge in [0.1, 0.15) is 13.2 Å². The number of unbranched alkanes of at least 4 members (excludes halogenated alkanes) is 26. The molecule has 0 aromatic carbocycles. The van der Waals surface area contributed by atoms with Crippen LogP contribution in [-0.2, 0) is 28.6 Å². The van der Waals surface area contributed by atoms with Crippen molar-refractivity contribution in [2.75, 3.05) is 13.2 Å². The summed E-state index contributed by atoms with van der Waals surface area (Å²) in [5, 5.41) is 0. The summed E-state index contributed by atoms with van der Waals surface area (Å²) >= 11 is 0. The van der Waals surface area contributed by atoms with Crippen molar-refractivity contribution < 1.29 is 28.6 Å². The maximum absolute atomic E-state index is 12.8. The predicted octanol–water partition coefficient (Wildman–Crippen LogP) is 18.4. The third-order valence-corrected chi connectivity index (χ3v) is 11.7. The third-order valence-electron chi connectivity index (χ3n) is 11.7. The molecule has 0 aliphatic heterocycles. The zero-order valence-corrected chi connectivity index (χ0v) is 43.2. The molecule has 0 radical (unpaired) electrons. The zero-order chi connectivity index (χ0) is 47.9. The Bertz CT molecular complexity index is 1290. The number of rotatable bonds is 49. The van der Waals surface area contributed by atoms with Crippen LogP contribution >= 0.6 is 0 Å². The fourth-order valence-electron chi connectivity index (χ4n) is 7.57. The van der Waals surface area contributed by atoms with Gasteiger partial charge in [-0.3, -0.25) is 14.4 Å². The first-order valence-electron chi connectivity index (χ1n) is 27.6. The van der Waals surface area contributed by atoms with E-state index < -0.39 is 6.10 Å². The van der Waals surface area contributed by atoms with Crippen LogP contribution in [0.25, 0.3) is 0 Å². The molecule has 6 heteroatoms. The van der Waals surface area contributed by atoms with Crippen molar-refractivity contribution in [2.45, 2.75) is 264 Å². The van der Waals surface area contributed by atoms with Crippen LogP contribution in [-0.4, -0.2) is 37.2 Å². The van der Waals surface area contributed by atoms with E-state index >= 15 is 0 Å². The normalized spacial score (nSPS) is 12.7. The van der Waals surface area contributed by atoms with Gasteiger partial charge in [0.05, 0.1) is 0 Å². The molecular formula is C60H102O6. The molecule has 66 heavy (non-hydrogen) atoms. The van der Waals surface area contributed by atoms with Crippen LogP contribution in [0.5, 0.6) is 0 Å².